The molecular weight excluding hydrogens is 660 g/mol. The third-order valence-electron chi connectivity index (χ3n) is 7.84. The second-order valence-corrected chi connectivity index (χ2v) is 12.5. The number of nitrogens with one attached hydrogen (secondary N) is 1. The van der Waals surface area contributed by atoms with Crippen molar-refractivity contribution in [1.82, 2.24) is 9.97 Å². The maximum atomic E-state index is 12.3. The van der Waals surface area contributed by atoms with Crippen LogP contribution >= 0.6 is 0 Å². The van der Waals surface area contributed by atoms with Crippen LogP contribution in [0.25, 0.3) is 0 Å². The summed E-state index contributed by atoms with van der Waals surface area (Å²) in [6.07, 6.45) is 2.23. The van der Waals surface area contributed by atoms with Gasteiger partial charge in [0.05, 0.1) is 27.4 Å². The molecule has 0 unspecified atom stereocenters. The number of carbonyl (C=O) groups excluding carboxylic acids is 5. The van der Waals surface area contributed by atoms with Gasteiger partial charge in [-0.2, -0.15) is 0 Å². The van der Waals surface area contributed by atoms with E-state index in [4.69, 9.17) is 5.73 Å². The number of ether oxygens (including phenoxy) is 3. The van der Waals surface area contributed by atoms with Crippen molar-refractivity contribution in [2.24, 2.45) is 16.1 Å². The van der Waals surface area contributed by atoms with Gasteiger partial charge in [-0.25, -0.2) is 24.4 Å². The average molecular weight is 705 g/mol. The molecule has 0 atom stereocenters. The van der Waals surface area contributed by atoms with E-state index in [0.717, 1.165) is 13.2 Å². The summed E-state index contributed by atoms with van der Waals surface area (Å²) in [4.78, 5) is 81.7. The van der Waals surface area contributed by atoms with Crippen molar-refractivity contribution < 1.29 is 43.3 Å². The third kappa shape index (κ3) is 12.2. The summed E-state index contributed by atoms with van der Waals surface area (Å²) in [5.41, 5.74) is 4.36. The molecule has 0 aliphatic rings. The molecule has 0 bridgehead atoms. The Balaban J connectivity index is 0.000000354. The number of hydrogen-bond donors (Lipinski definition) is 3. The number of H-pyrrole nitrogens is 1. The number of aromatic hydroxyl groups is 1. The van der Waals surface area contributed by atoms with Crippen LogP contribution in [0.4, 0.5) is 0 Å². The molecule has 3 aromatic rings. The van der Waals surface area contributed by atoms with Crippen LogP contribution in [0.15, 0.2) is 82.2 Å². The van der Waals surface area contributed by atoms with Crippen molar-refractivity contribution in [3.8, 4) is 5.75 Å². The second-order valence-electron chi connectivity index (χ2n) is 12.5. The summed E-state index contributed by atoms with van der Waals surface area (Å²) in [6.45, 7) is 7.19. The minimum Gasteiger partial charge on any atom is -0.501 e. The minimum absolute atomic E-state index is 0.00947. The molecule has 0 amide bonds. The first-order valence-corrected chi connectivity index (χ1v) is 15.8. The van der Waals surface area contributed by atoms with Crippen LogP contribution in [-0.4, -0.2) is 71.7 Å². The van der Waals surface area contributed by atoms with Crippen molar-refractivity contribution in [3.63, 3.8) is 0 Å². The standard InChI is InChI=1S/C19H24N2O5.C18H20N2O5/c1-19(2,11-10-15(22)13-8-6-5-7-9-13)18(20)21-14(17(24)26-4)12-16(23)25-3;1-18(2,10-9-12(21)11-7-5-4-6-8-11)17-19-13(16(24)25-3)14(22)15(23)20-17/h5-9,12H,10-11H2,1-4H3,(H2,20,21);4-8,22H,9-10H2,1-3H3,(H,19,20,23). The highest BCUT2D eigenvalue weighted by Crippen LogP contribution is 2.27. The first-order valence-electron chi connectivity index (χ1n) is 15.8. The van der Waals surface area contributed by atoms with Gasteiger partial charge in [0.25, 0.3) is 5.56 Å². The lowest BCUT2D eigenvalue weighted by Crippen LogP contribution is -2.33. The number of nitrogens with zero attached hydrogens (tertiary/aromatic N) is 2. The molecule has 3 rings (SSSR count). The van der Waals surface area contributed by atoms with Gasteiger partial charge in [-0.3, -0.25) is 14.4 Å². The monoisotopic (exact) mass is 704 g/mol. The van der Waals surface area contributed by atoms with Crippen LogP contribution < -0.4 is 11.3 Å². The second kappa shape index (κ2) is 18.7. The van der Waals surface area contributed by atoms with Crippen LogP contribution in [0, 0.1) is 5.41 Å². The highest BCUT2D eigenvalue weighted by atomic mass is 16.5. The van der Waals surface area contributed by atoms with Gasteiger partial charge in [-0.15, -0.1) is 0 Å². The molecule has 272 valence electrons. The summed E-state index contributed by atoms with van der Waals surface area (Å²) >= 11 is 0. The molecule has 0 spiro atoms. The topological polar surface area (TPSA) is 217 Å². The lowest BCUT2D eigenvalue weighted by Gasteiger charge is -2.23. The summed E-state index contributed by atoms with van der Waals surface area (Å²) in [7, 11) is 3.48. The van der Waals surface area contributed by atoms with E-state index >= 15 is 0 Å². The zero-order valence-corrected chi connectivity index (χ0v) is 29.8. The van der Waals surface area contributed by atoms with E-state index in [1.54, 1.807) is 76.2 Å². The predicted octanol–water partition coefficient (Wildman–Crippen LogP) is 4.47. The van der Waals surface area contributed by atoms with Crippen molar-refractivity contribution >= 4 is 35.3 Å². The number of rotatable bonds is 14. The van der Waals surface area contributed by atoms with Gasteiger partial charge in [-0.1, -0.05) is 88.4 Å². The third-order valence-corrected chi connectivity index (χ3v) is 7.84. The molecular formula is C37H44N4O10. The van der Waals surface area contributed by atoms with E-state index < -0.39 is 45.7 Å². The van der Waals surface area contributed by atoms with Crippen LogP contribution in [0.3, 0.4) is 0 Å². The van der Waals surface area contributed by atoms with Gasteiger partial charge in [0, 0.05) is 34.8 Å². The molecule has 0 saturated heterocycles. The number of nitrogens with two attached hydrogens (primary N) is 1. The highest BCUT2D eigenvalue weighted by Gasteiger charge is 2.29. The lowest BCUT2D eigenvalue weighted by atomic mass is 9.85. The van der Waals surface area contributed by atoms with E-state index in [0.29, 0.717) is 24.0 Å². The van der Waals surface area contributed by atoms with Crippen LogP contribution in [0.2, 0.25) is 0 Å². The number of hydrogen-bond acceptors (Lipinski definition) is 12. The summed E-state index contributed by atoms with van der Waals surface area (Å²) in [6, 6.07) is 17.8. The molecule has 0 aliphatic carbocycles. The van der Waals surface area contributed by atoms with E-state index in [1.165, 1.54) is 14.2 Å². The molecule has 4 N–H and O–H groups in total. The minimum atomic E-state index is -0.902. The number of benzene rings is 2. The fourth-order valence-corrected chi connectivity index (χ4v) is 4.35. The number of aromatic nitrogens is 2. The Kier molecular flexibility index (Phi) is 15.2. The molecule has 51 heavy (non-hydrogen) atoms. The van der Waals surface area contributed by atoms with Crippen molar-refractivity contribution in [1.29, 1.82) is 0 Å². The Morgan fingerprint density at radius 2 is 1.33 bits per heavy atom. The Morgan fingerprint density at radius 3 is 1.80 bits per heavy atom. The molecule has 1 heterocycles. The van der Waals surface area contributed by atoms with Crippen molar-refractivity contribution in [2.45, 2.75) is 58.8 Å². The molecule has 0 saturated carbocycles. The normalized spacial score (nSPS) is 11.8. The van der Waals surface area contributed by atoms with Crippen molar-refractivity contribution in [3.05, 3.63) is 105 Å². The first kappa shape index (κ1) is 41.3. The molecule has 0 fully saturated rings. The highest BCUT2D eigenvalue weighted by molar-refractivity contribution is 6.00. The molecule has 14 nitrogen and oxygen atoms in total. The fraction of sp³-hybridized carbons (Fsp3) is 0.351. The van der Waals surface area contributed by atoms with Gasteiger partial charge in [0.1, 0.15) is 11.7 Å². The number of Topliss-reactive ketones (excluding diaryl/α,β-unsaturated/α-hetero) is 2. The van der Waals surface area contributed by atoms with Gasteiger partial charge in [-0.05, 0) is 12.8 Å². The van der Waals surface area contributed by atoms with Gasteiger partial charge in [0.2, 0.25) is 5.75 Å². The van der Waals surface area contributed by atoms with E-state index in [2.05, 4.69) is 29.2 Å². The summed E-state index contributed by atoms with van der Waals surface area (Å²) in [5, 5.41) is 9.69. The SMILES string of the molecule is COC(=O)C=C(N=C(N)C(C)(C)CCC(=O)c1ccccc1)C(=O)OC.COC(=O)c1nc(C(C)(C)CCC(=O)c2ccccc2)[nH]c(=O)c1O. The van der Waals surface area contributed by atoms with E-state index in [9.17, 15) is 33.9 Å². The molecule has 1 aromatic heterocycles. The number of methoxy groups -OCH3 is 3. The zero-order chi connectivity index (χ0) is 38.4. The average Bonchev–Trinajstić information content (AvgIpc) is 3.13. The molecule has 0 aliphatic heterocycles. The number of aliphatic imine (C=N–C) groups is 1. The van der Waals surface area contributed by atoms with Gasteiger partial charge < -0.3 is 30.0 Å². The molecule has 2 aromatic carbocycles. The van der Waals surface area contributed by atoms with Gasteiger partial charge >= 0.3 is 17.9 Å². The molecule has 14 heteroatoms. The van der Waals surface area contributed by atoms with Crippen LogP contribution in [-0.2, 0) is 29.2 Å². The Labute approximate surface area is 295 Å². The Hall–Kier alpha value is -5.92. The number of esters is 3. The van der Waals surface area contributed by atoms with Crippen LogP contribution in [0.5, 0.6) is 5.75 Å². The predicted molar refractivity (Wildman–Crippen MR) is 188 cm³/mol. The largest absolute Gasteiger partial charge is 0.501 e. The quantitative estimate of drug-likeness (QED) is 0.0529. The van der Waals surface area contributed by atoms with Gasteiger partial charge in [0.15, 0.2) is 23.0 Å². The number of amidine groups is 1. The smallest absolute Gasteiger partial charge is 0.360 e. The summed E-state index contributed by atoms with van der Waals surface area (Å²) < 4.78 is 13.6. The van der Waals surface area contributed by atoms with Crippen LogP contribution in [0.1, 0.15) is 90.4 Å². The zero-order valence-electron chi connectivity index (χ0n) is 29.8. The Morgan fingerprint density at radius 1 is 0.824 bits per heavy atom. The maximum absolute atomic E-state index is 12.3. The summed E-state index contributed by atoms with van der Waals surface area (Å²) in [5.74, 6) is -2.97. The number of carbonyl (C=O) groups is 5. The lowest BCUT2D eigenvalue weighted by molar-refractivity contribution is -0.138. The number of aromatic amines is 1. The first-order chi connectivity index (χ1) is 24.0. The van der Waals surface area contributed by atoms with E-state index in [-0.39, 0.29) is 41.8 Å². The Bertz CT molecular complexity index is 1830. The van der Waals surface area contributed by atoms with Crippen molar-refractivity contribution in [2.75, 3.05) is 21.3 Å². The number of ketones is 2. The van der Waals surface area contributed by atoms with E-state index in [1.807, 2.05) is 12.1 Å². The fourth-order valence-electron chi connectivity index (χ4n) is 4.35. The maximum Gasteiger partial charge on any atom is 0.360 e. The molecule has 0 radical (unpaired) electrons.